The van der Waals surface area contributed by atoms with Gasteiger partial charge < -0.3 is 4.74 Å². The van der Waals surface area contributed by atoms with Crippen LogP contribution in [0.2, 0.25) is 0 Å². The molecule has 216 valence electrons. The van der Waals surface area contributed by atoms with Gasteiger partial charge in [-0.05, 0) is 67.3 Å². The van der Waals surface area contributed by atoms with Crippen LogP contribution in [0.15, 0.2) is 71.6 Å². The van der Waals surface area contributed by atoms with Crippen LogP contribution in [0.4, 0.5) is 5.13 Å². The second-order valence-corrected chi connectivity index (χ2v) is 13.5. The molecule has 1 aromatic heterocycles. The van der Waals surface area contributed by atoms with E-state index in [1.807, 2.05) is 37.3 Å². The molecular weight excluding hydrogens is 556 g/mol. The number of rotatable bonds is 10. The van der Waals surface area contributed by atoms with Crippen LogP contribution in [0.1, 0.15) is 33.5 Å². The van der Waals surface area contributed by atoms with Gasteiger partial charge in [0.1, 0.15) is 0 Å². The van der Waals surface area contributed by atoms with Crippen LogP contribution in [0.3, 0.4) is 0 Å². The summed E-state index contributed by atoms with van der Waals surface area (Å²) < 4.78 is 34.3. The summed E-state index contributed by atoms with van der Waals surface area (Å²) in [6, 6.07) is 19.9. The van der Waals surface area contributed by atoms with Gasteiger partial charge in [-0.15, -0.1) is 0 Å². The van der Waals surface area contributed by atoms with Gasteiger partial charge in [0.15, 0.2) is 5.13 Å². The first-order chi connectivity index (χ1) is 19.7. The molecule has 1 aliphatic rings. The Bertz CT molecular complexity index is 1600. The van der Waals surface area contributed by atoms with E-state index in [9.17, 15) is 13.2 Å². The highest BCUT2D eigenvalue weighted by molar-refractivity contribution is 7.89. The van der Waals surface area contributed by atoms with Crippen LogP contribution in [-0.2, 0) is 21.3 Å². The molecule has 5 rings (SSSR count). The highest BCUT2D eigenvalue weighted by atomic mass is 32.2. The number of nitrogens with zero attached hydrogens (tertiary/aromatic N) is 4. The molecular formula is C31H36N4O4S2. The summed E-state index contributed by atoms with van der Waals surface area (Å²) in [6.45, 7) is 8.97. The lowest BCUT2D eigenvalue weighted by atomic mass is 10.1. The Balaban J connectivity index is 1.37. The number of sulfonamides is 1. The number of carbonyl (C=O) groups excluding carboxylic acids is 1. The number of fused-ring (bicyclic) bond motifs is 1. The molecule has 0 aliphatic carbocycles. The van der Waals surface area contributed by atoms with Crippen LogP contribution in [0.5, 0.6) is 0 Å². The van der Waals surface area contributed by atoms with E-state index in [1.165, 1.54) is 27.8 Å². The molecule has 0 saturated carbocycles. The monoisotopic (exact) mass is 592 g/mol. The van der Waals surface area contributed by atoms with Gasteiger partial charge in [-0.1, -0.05) is 47.7 Å². The Labute approximate surface area is 246 Å². The molecule has 10 heteroatoms. The number of carbonyl (C=O) groups is 1. The first-order valence-corrected chi connectivity index (χ1v) is 16.1. The molecule has 4 aromatic rings. The van der Waals surface area contributed by atoms with Gasteiger partial charge in [-0.25, -0.2) is 13.4 Å². The Kier molecular flexibility index (Phi) is 9.16. The average Bonchev–Trinajstić information content (AvgIpc) is 3.40. The van der Waals surface area contributed by atoms with E-state index < -0.39 is 10.0 Å². The minimum atomic E-state index is -3.72. The van der Waals surface area contributed by atoms with Gasteiger partial charge in [0, 0.05) is 45.3 Å². The maximum atomic E-state index is 13.9. The van der Waals surface area contributed by atoms with Crippen molar-refractivity contribution in [3.05, 3.63) is 89.0 Å². The van der Waals surface area contributed by atoms with E-state index in [-0.39, 0.29) is 17.3 Å². The molecule has 1 amide bonds. The van der Waals surface area contributed by atoms with Crippen LogP contribution in [-0.4, -0.2) is 75.0 Å². The number of aromatic nitrogens is 1. The van der Waals surface area contributed by atoms with E-state index in [0.29, 0.717) is 17.2 Å². The normalized spacial score (nSPS) is 14.5. The lowest BCUT2D eigenvalue weighted by molar-refractivity contribution is 0.0376. The fraction of sp³-hybridized carbons (Fsp3) is 0.355. The highest BCUT2D eigenvalue weighted by Gasteiger charge is 2.25. The van der Waals surface area contributed by atoms with E-state index in [0.717, 1.165) is 66.2 Å². The summed E-state index contributed by atoms with van der Waals surface area (Å²) in [5, 5.41) is 0.653. The molecule has 2 heterocycles. The SMILES string of the molecule is Cc1cc(C)c2nc(N(CCCN3CCOCC3)C(=O)c3ccc(S(=O)(=O)N(C)Cc4ccccc4)cc3)sc2c1. The van der Waals surface area contributed by atoms with E-state index in [4.69, 9.17) is 9.72 Å². The smallest absolute Gasteiger partial charge is 0.260 e. The van der Waals surface area contributed by atoms with Crippen LogP contribution in [0.25, 0.3) is 10.2 Å². The number of ether oxygens (including phenoxy) is 1. The molecule has 41 heavy (non-hydrogen) atoms. The second-order valence-electron chi connectivity index (χ2n) is 10.5. The van der Waals surface area contributed by atoms with Crippen molar-refractivity contribution in [1.29, 1.82) is 0 Å². The number of anilines is 1. The van der Waals surface area contributed by atoms with Gasteiger partial charge in [0.25, 0.3) is 5.91 Å². The highest BCUT2D eigenvalue weighted by Crippen LogP contribution is 2.33. The summed E-state index contributed by atoms with van der Waals surface area (Å²) >= 11 is 1.51. The van der Waals surface area contributed by atoms with Gasteiger partial charge in [-0.3, -0.25) is 14.6 Å². The Morgan fingerprint density at radius 2 is 1.73 bits per heavy atom. The third-order valence-electron chi connectivity index (χ3n) is 7.31. The number of thiazole rings is 1. The number of hydrogen-bond donors (Lipinski definition) is 0. The van der Waals surface area contributed by atoms with Crippen molar-refractivity contribution in [1.82, 2.24) is 14.2 Å². The third kappa shape index (κ3) is 6.85. The molecule has 8 nitrogen and oxygen atoms in total. The fourth-order valence-electron chi connectivity index (χ4n) is 5.07. The van der Waals surface area contributed by atoms with Crippen molar-refractivity contribution >= 4 is 42.6 Å². The van der Waals surface area contributed by atoms with Crippen molar-refractivity contribution in [2.24, 2.45) is 0 Å². The summed E-state index contributed by atoms with van der Waals surface area (Å²) in [6.07, 6.45) is 0.788. The lowest BCUT2D eigenvalue weighted by Gasteiger charge is -2.27. The molecule has 1 aliphatic heterocycles. The van der Waals surface area contributed by atoms with Crippen molar-refractivity contribution in [3.63, 3.8) is 0 Å². The number of amides is 1. The summed E-state index contributed by atoms with van der Waals surface area (Å²) in [7, 11) is -2.16. The zero-order chi connectivity index (χ0) is 29.0. The Morgan fingerprint density at radius 3 is 2.44 bits per heavy atom. The Morgan fingerprint density at radius 1 is 1.02 bits per heavy atom. The molecule has 3 aromatic carbocycles. The topological polar surface area (TPSA) is 83.0 Å². The summed E-state index contributed by atoms with van der Waals surface area (Å²) in [5.41, 5.74) is 4.47. The maximum absolute atomic E-state index is 13.9. The lowest BCUT2D eigenvalue weighted by Crippen LogP contribution is -2.39. The maximum Gasteiger partial charge on any atom is 0.260 e. The Hall–Kier alpha value is -3.15. The molecule has 1 saturated heterocycles. The summed E-state index contributed by atoms with van der Waals surface area (Å²) in [5.74, 6) is -0.193. The number of morpholine rings is 1. The van der Waals surface area contributed by atoms with Gasteiger partial charge >= 0.3 is 0 Å². The quantitative estimate of drug-likeness (QED) is 0.255. The van der Waals surface area contributed by atoms with Crippen molar-refractivity contribution in [2.75, 3.05) is 51.3 Å². The molecule has 0 N–H and O–H groups in total. The van der Waals surface area contributed by atoms with Gasteiger partial charge in [0.05, 0.1) is 28.3 Å². The first kappa shape index (κ1) is 29.3. The van der Waals surface area contributed by atoms with Crippen molar-refractivity contribution < 1.29 is 17.9 Å². The number of hydrogen-bond acceptors (Lipinski definition) is 7. The van der Waals surface area contributed by atoms with Gasteiger partial charge in [0.2, 0.25) is 10.0 Å². The predicted molar refractivity (Wildman–Crippen MR) is 164 cm³/mol. The van der Waals surface area contributed by atoms with Crippen LogP contribution in [0, 0.1) is 13.8 Å². The largest absolute Gasteiger partial charge is 0.379 e. The number of aryl methyl sites for hydroxylation is 2. The van der Waals surface area contributed by atoms with E-state index >= 15 is 0 Å². The standard InChI is InChI=1S/C31H36N4O4S2/c1-23-20-24(2)29-28(21-23)40-31(32-29)35(15-7-14-34-16-18-39-19-17-34)30(36)26-10-12-27(13-11-26)41(37,38)33(3)22-25-8-5-4-6-9-25/h4-6,8-13,20-21H,7,14-19,22H2,1-3H3. The molecule has 0 radical (unpaired) electrons. The van der Waals surface area contributed by atoms with Gasteiger partial charge in [-0.2, -0.15) is 4.31 Å². The molecule has 0 bridgehead atoms. The molecule has 0 atom stereocenters. The fourth-order valence-corrected chi connectivity index (χ4v) is 7.39. The first-order valence-electron chi connectivity index (χ1n) is 13.8. The molecule has 0 unspecified atom stereocenters. The van der Waals surface area contributed by atoms with Crippen molar-refractivity contribution in [2.45, 2.75) is 31.7 Å². The minimum Gasteiger partial charge on any atom is -0.379 e. The summed E-state index contributed by atoms with van der Waals surface area (Å²) in [4.78, 5) is 23.0. The van der Waals surface area contributed by atoms with Crippen LogP contribution >= 0.6 is 11.3 Å². The molecule has 0 spiro atoms. The third-order valence-corrected chi connectivity index (χ3v) is 10.2. The average molecular weight is 593 g/mol. The minimum absolute atomic E-state index is 0.150. The van der Waals surface area contributed by atoms with Crippen molar-refractivity contribution in [3.8, 4) is 0 Å². The van der Waals surface area contributed by atoms with Crippen LogP contribution < -0.4 is 4.90 Å². The van der Waals surface area contributed by atoms with E-state index in [1.54, 1.807) is 24.1 Å². The number of benzene rings is 3. The zero-order valence-electron chi connectivity index (χ0n) is 23.7. The van der Waals surface area contributed by atoms with E-state index in [2.05, 4.69) is 24.0 Å². The predicted octanol–water partition coefficient (Wildman–Crippen LogP) is 5.10. The second kappa shape index (κ2) is 12.8. The zero-order valence-corrected chi connectivity index (χ0v) is 25.4. The molecule has 1 fully saturated rings.